The summed E-state index contributed by atoms with van der Waals surface area (Å²) >= 11 is 0. The highest BCUT2D eigenvalue weighted by Crippen LogP contribution is 2.54. The van der Waals surface area contributed by atoms with Gasteiger partial charge in [-0.15, -0.1) is 0 Å². The predicted octanol–water partition coefficient (Wildman–Crippen LogP) is 1.70. The summed E-state index contributed by atoms with van der Waals surface area (Å²) in [7, 11) is 0. The van der Waals surface area contributed by atoms with Crippen LogP contribution in [-0.2, 0) is 9.53 Å². The zero-order valence-corrected chi connectivity index (χ0v) is 16.1. The first-order chi connectivity index (χ1) is 14.0. The largest absolute Gasteiger partial charge is 0.484 e. The molecule has 8 nitrogen and oxygen atoms in total. The molecule has 154 valence electrons. The fourth-order valence-corrected chi connectivity index (χ4v) is 5.00. The van der Waals surface area contributed by atoms with Crippen molar-refractivity contribution in [3.63, 3.8) is 0 Å². The average molecular weight is 402 g/mol. The molecule has 29 heavy (non-hydrogen) atoms. The van der Waals surface area contributed by atoms with Crippen molar-refractivity contribution >= 4 is 11.9 Å². The van der Waals surface area contributed by atoms with Crippen LogP contribution in [0.5, 0.6) is 5.75 Å². The molecule has 3 fully saturated rings. The van der Waals surface area contributed by atoms with Gasteiger partial charge in [-0.05, 0) is 42.3 Å². The molecule has 5 rings (SSSR count). The van der Waals surface area contributed by atoms with E-state index in [1.165, 1.54) is 24.3 Å². The molecule has 1 spiro atoms. The third kappa shape index (κ3) is 3.33. The summed E-state index contributed by atoms with van der Waals surface area (Å²) in [6.07, 6.45) is 2.20. The van der Waals surface area contributed by atoms with Crippen LogP contribution in [0.25, 0.3) is 0 Å². The summed E-state index contributed by atoms with van der Waals surface area (Å²) in [4.78, 5) is 18.7. The molecule has 0 unspecified atom stereocenters. The Morgan fingerprint density at radius 3 is 3.00 bits per heavy atom. The quantitative estimate of drug-likeness (QED) is 0.787. The second-order valence-electron chi connectivity index (χ2n) is 8.07. The normalized spacial score (nSPS) is 29.9. The van der Waals surface area contributed by atoms with E-state index >= 15 is 0 Å². The number of benzene rings is 1. The Bertz CT molecular complexity index is 904. The maximum Gasteiger partial charge on any atom is 0.266 e. The van der Waals surface area contributed by atoms with Gasteiger partial charge in [0.05, 0.1) is 18.2 Å². The smallest absolute Gasteiger partial charge is 0.266 e. The molecule has 0 radical (unpaired) electrons. The van der Waals surface area contributed by atoms with Crippen molar-refractivity contribution in [2.24, 2.45) is 11.8 Å². The van der Waals surface area contributed by atoms with E-state index in [2.05, 4.69) is 20.4 Å². The van der Waals surface area contributed by atoms with Crippen LogP contribution in [0.2, 0.25) is 0 Å². The Morgan fingerprint density at radius 2 is 2.24 bits per heavy atom. The number of hydrogen-bond donors (Lipinski definition) is 1. The van der Waals surface area contributed by atoms with E-state index < -0.39 is 0 Å². The van der Waals surface area contributed by atoms with Crippen molar-refractivity contribution in [3.8, 4) is 5.75 Å². The maximum atomic E-state index is 12.9. The molecule has 2 bridgehead atoms. The number of aromatic nitrogens is 2. The third-order valence-corrected chi connectivity index (χ3v) is 6.30. The van der Waals surface area contributed by atoms with E-state index in [0.717, 1.165) is 25.9 Å². The first-order valence-electron chi connectivity index (χ1n) is 9.90. The molecule has 1 aromatic carbocycles. The standard InChI is InChI=1S/C20H23FN4O4/c1-12-23-19(24-29-12)25-9-16-15(17-6-7-20(16,11-25)28-17)8-22-18(26)10-27-14-4-2-13(21)3-5-14/h2-5,15-17H,6-11H2,1H3,(H,22,26)/t15-,16+,17+,20+/m0/s1. The van der Waals surface area contributed by atoms with Crippen LogP contribution in [0.15, 0.2) is 28.8 Å². The lowest BCUT2D eigenvalue weighted by molar-refractivity contribution is -0.123. The zero-order valence-electron chi connectivity index (χ0n) is 16.1. The first kappa shape index (κ1) is 18.4. The molecule has 0 aliphatic carbocycles. The topological polar surface area (TPSA) is 89.7 Å². The van der Waals surface area contributed by atoms with Crippen molar-refractivity contribution in [1.82, 2.24) is 15.5 Å². The van der Waals surface area contributed by atoms with Gasteiger partial charge in [-0.3, -0.25) is 4.79 Å². The number of amides is 1. The number of aryl methyl sites for hydroxylation is 1. The predicted molar refractivity (Wildman–Crippen MR) is 100.0 cm³/mol. The number of halogens is 1. The number of rotatable bonds is 6. The van der Waals surface area contributed by atoms with Crippen LogP contribution in [0, 0.1) is 24.6 Å². The average Bonchev–Trinajstić information content (AvgIpc) is 3.46. The molecule has 1 N–H and O–H groups in total. The maximum absolute atomic E-state index is 12.9. The van der Waals surface area contributed by atoms with Crippen LogP contribution in [0.1, 0.15) is 18.7 Å². The fourth-order valence-electron chi connectivity index (χ4n) is 5.00. The second-order valence-corrected chi connectivity index (χ2v) is 8.07. The summed E-state index contributed by atoms with van der Waals surface area (Å²) in [6.45, 7) is 3.77. The number of nitrogens with one attached hydrogen (secondary N) is 1. The molecule has 9 heteroatoms. The first-order valence-corrected chi connectivity index (χ1v) is 9.90. The van der Waals surface area contributed by atoms with Crippen molar-refractivity contribution in [2.75, 3.05) is 31.1 Å². The Balaban J connectivity index is 1.17. The third-order valence-electron chi connectivity index (χ3n) is 6.30. The summed E-state index contributed by atoms with van der Waals surface area (Å²) in [5.74, 6) is 1.64. The molecule has 3 saturated heterocycles. The van der Waals surface area contributed by atoms with Crippen LogP contribution in [-0.4, -0.2) is 54.0 Å². The molecule has 3 aliphatic rings. The van der Waals surface area contributed by atoms with Crippen LogP contribution in [0.4, 0.5) is 10.3 Å². The Hall–Kier alpha value is -2.68. The summed E-state index contributed by atoms with van der Waals surface area (Å²) in [5, 5.41) is 7.01. The molecule has 1 aromatic heterocycles. The summed E-state index contributed by atoms with van der Waals surface area (Å²) in [6, 6.07) is 5.61. The van der Waals surface area contributed by atoms with Gasteiger partial charge in [-0.1, -0.05) is 0 Å². The minimum absolute atomic E-state index is 0.103. The number of ether oxygens (including phenoxy) is 2. The minimum atomic E-state index is -0.339. The molecule has 4 atom stereocenters. The van der Waals surface area contributed by atoms with Gasteiger partial charge in [-0.25, -0.2) is 4.39 Å². The molecule has 0 saturated carbocycles. The number of carbonyl (C=O) groups is 1. The van der Waals surface area contributed by atoms with Gasteiger partial charge in [-0.2, -0.15) is 4.98 Å². The summed E-state index contributed by atoms with van der Waals surface area (Å²) in [5.41, 5.74) is -0.181. The van der Waals surface area contributed by atoms with Crippen molar-refractivity contribution in [1.29, 1.82) is 0 Å². The molecule has 2 aromatic rings. The zero-order chi connectivity index (χ0) is 20.0. The van der Waals surface area contributed by atoms with Crippen molar-refractivity contribution < 1.29 is 23.2 Å². The minimum Gasteiger partial charge on any atom is -0.484 e. The second kappa shape index (κ2) is 6.98. The van der Waals surface area contributed by atoms with Gasteiger partial charge in [0.15, 0.2) is 6.61 Å². The number of hydrogen-bond acceptors (Lipinski definition) is 7. The van der Waals surface area contributed by atoms with Gasteiger partial charge in [0, 0.05) is 31.8 Å². The highest BCUT2D eigenvalue weighted by Gasteiger charge is 2.63. The van der Waals surface area contributed by atoms with Gasteiger partial charge in [0.25, 0.3) is 11.9 Å². The van der Waals surface area contributed by atoms with E-state index in [1.54, 1.807) is 6.92 Å². The van der Waals surface area contributed by atoms with Gasteiger partial charge in [0.1, 0.15) is 11.6 Å². The van der Waals surface area contributed by atoms with Crippen LogP contribution < -0.4 is 15.0 Å². The van der Waals surface area contributed by atoms with E-state index in [1.807, 2.05) is 0 Å². The number of anilines is 1. The van der Waals surface area contributed by atoms with Gasteiger partial charge < -0.3 is 24.2 Å². The van der Waals surface area contributed by atoms with Crippen LogP contribution in [0.3, 0.4) is 0 Å². The van der Waals surface area contributed by atoms with E-state index in [-0.39, 0.29) is 36.0 Å². The Labute approximate surface area is 167 Å². The van der Waals surface area contributed by atoms with Gasteiger partial charge >= 0.3 is 0 Å². The number of fused-ring (bicyclic) bond motifs is 1. The van der Waals surface area contributed by atoms with E-state index in [9.17, 15) is 9.18 Å². The Morgan fingerprint density at radius 1 is 1.41 bits per heavy atom. The van der Waals surface area contributed by atoms with E-state index in [4.69, 9.17) is 14.0 Å². The lowest BCUT2D eigenvalue weighted by Crippen LogP contribution is -2.42. The number of nitrogens with zero attached hydrogens (tertiary/aromatic N) is 3. The summed E-state index contributed by atoms with van der Waals surface area (Å²) < 4.78 is 29.8. The Kier molecular flexibility index (Phi) is 4.42. The molecule has 3 aliphatic heterocycles. The highest BCUT2D eigenvalue weighted by molar-refractivity contribution is 5.77. The fraction of sp³-hybridized carbons (Fsp3) is 0.550. The van der Waals surface area contributed by atoms with Gasteiger partial charge in [0.2, 0.25) is 5.89 Å². The monoisotopic (exact) mass is 402 g/mol. The molecule has 4 heterocycles. The number of carbonyl (C=O) groups excluding carboxylic acids is 1. The van der Waals surface area contributed by atoms with Crippen LogP contribution >= 0.6 is 0 Å². The lowest BCUT2D eigenvalue weighted by Gasteiger charge is -2.29. The lowest BCUT2D eigenvalue weighted by atomic mass is 9.73. The molecule has 1 amide bonds. The van der Waals surface area contributed by atoms with E-state index in [0.29, 0.717) is 30.1 Å². The highest BCUT2D eigenvalue weighted by atomic mass is 19.1. The molecular formula is C20H23FN4O4. The SMILES string of the molecule is Cc1nc(N2C[C@@H]3[C@H](CNC(=O)COc4ccc(F)cc4)[C@H]4CC[C@]3(C2)O4)no1. The van der Waals surface area contributed by atoms with Crippen molar-refractivity contribution in [2.45, 2.75) is 31.5 Å². The molecular weight excluding hydrogens is 379 g/mol. The van der Waals surface area contributed by atoms with Crippen molar-refractivity contribution in [3.05, 3.63) is 36.0 Å².